The van der Waals surface area contributed by atoms with Gasteiger partial charge in [-0.3, -0.25) is 10.1 Å². The maximum Gasteiger partial charge on any atom is 0.257 e. The molecule has 2 aromatic rings. The van der Waals surface area contributed by atoms with Gasteiger partial charge >= 0.3 is 0 Å². The first-order valence-corrected chi connectivity index (χ1v) is 6.80. The summed E-state index contributed by atoms with van der Waals surface area (Å²) in [5, 5.41) is 5.83. The molecular weight excluding hydrogens is 272 g/mol. The molecule has 1 heterocycles. The zero-order valence-electron chi connectivity index (χ0n) is 11.2. The Morgan fingerprint density at radius 1 is 1.25 bits per heavy atom. The van der Waals surface area contributed by atoms with Crippen molar-refractivity contribution in [3.63, 3.8) is 0 Å². The van der Waals surface area contributed by atoms with Gasteiger partial charge in [-0.25, -0.2) is 0 Å². The zero-order valence-corrected chi connectivity index (χ0v) is 12.0. The number of hydrogen-bond donors (Lipinski definition) is 2. The van der Waals surface area contributed by atoms with E-state index in [1.807, 2.05) is 18.2 Å². The number of thiocarbonyl (C=S) groups is 1. The summed E-state index contributed by atoms with van der Waals surface area (Å²) in [6.07, 6.45) is 2.54. The molecule has 1 amide bonds. The lowest BCUT2D eigenvalue weighted by atomic mass is 10.1. The lowest BCUT2D eigenvalue weighted by Crippen LogP contribution is -2.38. The van der Waals surface area contributed by atoms with Gasteiger partial charge in [0.15, 0.2) is 5.11 Å². The van der Waals surface area contributed by atoms with Gasteiger partial charge in [0.05, 0.1) is 12.8 Å². The van der Waals surface area contributed by atoms with Crippen LogP contribution >= 0.6 is 12.2 Å². The maximum absolute atomic E-state index is 12.0. The first-order chi connectivity index (χ1) is 9.69. The molecule has 0 saturated carbocycles. The molecule has 5 heteroatoms. The Balaban J connectivity index is 1.85. The van der Waals surface area contributed by atoms with E-state index in [1.54, 1.807) is 24.5 Å². The molecule has 1 aromatic carbocycles. The fourth-order valence-electron chi connectivity index (χ4n) is 1.69. The number of carbonyl (C=O) groups is 1. The van der Waals surface area contributed by atoms with Crippen molar-refractivity contribution >= 4 is 23.2 Å². The molecule has 0 aliphatic carbocycles. The van der Waals surface area contributed by atoms with Crippen molar-refractivity contribution < 1.29 is 9.21 Å². The molecule has 0 unspecified atom stereocenters. The normalized spacial score (nSPS) is 10.1. The first kappa shape index (κ1) is 14.3. The second-order valence-electron chi connectivity index (χ2n) is 4.27. The smallest absolute Gasteiger partial charge is 0.257 e. The minimum absolute atomic E-state index is 0.218. The number of amides is 1. The topological polar surface area (TPSA) is 54.3 Å². The van der Waals surface area contributed by atoms with Gasteiger partial charge in [-0.05, 0) is 48.5 Å². The number of benzene rings is 1. The third-order valence-electron chi connectivity index (χ3n) is 2.85. The van der Waals surface area contributed by atoms with Gasteiger partial charge in [-0.15, -0.1) is 0 Å². The Bertz CT molecular complexity index is 576. The number of carbonyl (C=O) groups excluding carboxylic acids is 1. The number of aryl methyl sites for hydroxylation is 1. The molecule has 104 valence electrons. The molecule has 0 bridgehead atoms. The third kappa shape index (κ3) is 3.93. The van der Waals surface area contributed by atoms with E-state index in [0.29, 0.717) is 12.1 Å². The van der Waals surface area contributed by atoms with E-state index in [2.05, 4.69) is 17.6 Å². The average molecular weight is 288 g/mol. The molecule has 1 aromatic heterocycles. The van der Waals surface area contributed by atoms with Crippen molar-refractivity contribution in [2.45, 2.75) is 19.9 Å². The summed E-state index contributed by atoms with van der Waals surface area (Å²) >= 11 is 5.07. The van der Waals surface area contributed by atoms with E-state index < -0.39 is 0 Å². The van der Waals surface area contributed by atoms with Crippen LogP contribution in [0.25, 0.3) is 0 Å². The Kier molecular flexibility index (Phi) is 4.90. The van der Waals surface area contributed by atoms with Gasteiger partial charge in [0.2, 0.25) is 0 Å². The molecule has 0 saturated heterocycles. The van der Waals surface area contributed by atoms with Gasteiger partial charge in [-0.1, -0.05) is 19.1 Å². The molecule has 0 radical (unpaired) electrons. The van der Waals surface area contributed by atoms with E-state index >= 15 is 0 Å². The molecule has 0 atom stereocenters. The lowest BCUT2D eigenvalue weighted by molar-refractivity contribution is 0.0976. The van der Waals surface area contributed by atoms with Gasteiger partial charge in [-0.2, -0.15) is 0 Å². The molecule has 0 spiro atoms. The van der Waals surface area contributed by atoms with E-state index in [1.165, 1.54) is 5.56 Å². The minimum atomic E-state index is -0.218. The average Bonchev–Trinajstić information content (AvgIpc) is 2.98. The van der Waals surface area contributed by atoms with Crippen LogP contribution < -0.4 is 10.6 Å². The van der Waals surface area contributed by atoms with Crippen molar-refractivity contribution in [3.8, 4) is 0 Å². The van der Waals surface area contributed by atoms with Gasteiger partial charge in [0, 0.05) is 5.56 Å². The third-order valence-corrected chi connectivity index (χ3v) is 3.10. The highest BCUT2D eigenvalue weighted by atomic mass is 32.1. The Morgan fingerprint density at radius 3 is 2.60 bits per heavy atom. The molecule has 4 nitrogen and oxygen atoms in total. The lowest BCUT2D eigenvalue weighted by Gasteiger charge is -2.08. The predicted molar refractivity (Wildman–Crippen MR) is 81.4 cm³/mol. The van der Waals surface area contributed by atoms with Crippen LogP contribution in [0.1, 0.15) is 28.6 Å². The fraction of sp³-hybridized carbons (Fsp3) is 0.200. The molecule has 0 aliphatic rings. The van der Waals surface area contributed by atoms with Crippen LogP contribution in [0.2, 0.25) is 0 Å². The molecular formula is C15H16N2O2S. The standard InChI is InChI=1S/C15H16N2O2S/c1-2-11-5-7-12(8-6-11)14(18)17-15(20)16-10-13-4-3-9-19-13/h3-9H,2,10H2,1H3,(H2,16,17,18,20). The Morgan fingerprint density at radius 2 is 2.00 bits per heavy atom. The van der Waals surface area contributed by atoms with Crippen molar-refractivity contribution in [2.75, 3.05) is 0 Å². The molecule has 2 N–H and O–H groups in total. The van der Waals surface area contributed by atoms with Gasteiger partial charge < -0.3 is 9.73 Å². The minimum Gasteiger partial charge on any atom is -0.467 e. The second kappa shape index (κ2) is 6.86. The van der Waals surface area contributed by atoms with E-state index in [-0.39, 0.29) is 11.0 Å². The van der Waals surface area contributed by atoms with E-state index in [4.69, 9.17) is 16.6 Å². The number of nitrogens with one attached hydrogen (secondary N) is 2. The highest BCUT2D eigenvalue weighted by Crippen LogP contribution is 2.05. The van der Waals surface area contributed by atoms with Crippen LogP contribution in [0.4, 0.5) is 0 Å². The predicted octanol–water partition coefficient (Wildman–Crippen LogP) is 2.65. The first-order valence-electron chi connectivity index (χ1n) is 6.39. The summed E-state index contributed by atoms with van der Waals surface area (Å²) < 4.78 is 5.16. The zero-order chi connectivity index (χ0) is 14.4. The largest absolute Gasteiger partial charge is 0.467 e. The monoisotopic (exact) mass is 288 g/mol. The van der Waals surface area contributed by atoms with E-state index in [0.717, 1.165) is 12.2 Å². The Labute approximate surface area is 123 Å². The number of furan rings is 1. The van der Waals surface area contributed by atoms with Gasteiger partial charge in [0.25, 0.3) is 5.91 Å². The molecule has 20 heavy (non-hydrogen) atoms. The van der Waals surface area contributed by atoms with Crippen LogP contribution in [-0.2, 0) is 13.0 Å². The summed E-state index contributed by atoms with van der Waals surface area (Å²) in [6, 6.07) is 11.1. The Hall–Kier alpha value is -2.14. The van der Waals surface area contributed by atoms with Crippen molar-refractivity contribution in [1.82, 2.24) is 10.6 Å². The highest BCUT2D eigenvalue weighted by Gasteiger charge is 2.07. The fourth-order valence-corrected chi connectivity index (χ4v) is 1.86. The van der Waals surface area contributed by atoms with Gasteiger partial charge in [0.1, 0.15) is 5.76 Å². The quantitative estimate of drug-likeness (QED) is 0.849. The van der Waals surface area contributed by atoms with Crippen LogP contribution in [0.5, 0.6) is 0 Å². The van der Waals surface area contributed by atoms with Crippen LogP contribution in [-0.4, -0.2) is 11.0 Å². The maximum atomic E-state index is 12.0. The van der Waals surface area contributed by atoms with Crippen molar-refractivity contribution in [2.24, 2.45) is 0 Å². The number of rotatable bonds is 4. The SMILES string of the molecule is CCc1ccc(C(=O)NC(=S)NCc2ccco2)cc1. The van der Waals surface area contributed by atoms with Crippen LogP contribution in [0, 0.1) is 0 Å². The summed E-state index contributed by atoms with van der Waals surface area (Å²) in [5.41, 5.74) is 1.78. The summed E-state index contributed by atoms with van der Waals surface area (Å²) in [6.45, 7) is 2.52. The van der Waals surface area contributed by atoms with Crippen molar-refractivity contribution in [3.05, 3.63) is 59.5 Å². The highest BCUT2D eigenvalue weighted by molar-refractivity contribution is 7.80. The molecule has 0 fully saturated rings. The number of hydrogen-bond acceptors (Lipinski definition) is 3. The summed E-state index contributed by atoms with van der Waals surface area (Å²) in [5.74, 6) is 0.540. The van der Waals surface area contributed by atoms with E-state index in [9.17, 15) is 4.79 Å². The summed E-state index contributed by atoms with van der Waals surface area (Å²) in [4.78, 5) is 12.0. The molecule has 2 rings (SSSR count). The second-order valence-corrected chi connectivity index (χ2v) is 4.67. The van der Waals surface area contributed by atoms with Crippen LogP contribution in [0.3, 0.4) is 0 Å². The molecule has 0 aliphatic heterocycles. The summed E-state index contributed by atoms with van der Waals surface area (Å²) in [7, 11) is 0. The van der Waals surface area contributed by atoms with Crippen LogP contribution in [0.15, 0.2) is 47.1 Å². The van der Waals surface area contributed by atoms with Crippen molar-refractivity contribution in [1.29, 1.82) is 0 Å².